The summed E-state index contributed by atoms with van der Waals surface area (Å²) in [4.78, 5) is 25.6. The molecule has 1 aliphatic heterocycles. The number of carbonyl (C=O) groups excluding carboxylic acids is 1. The molecule has 21 heavy (non-hydrogen) atoms. The average Bonchev–Trinajstić information content (AvgIpc) is 2.94. The molecule has 3 rings (SSSR count). The lowest BCUT2D eigenvalue weighted by atomic mass is 10.1. The van der Waals surface area contributed by atoms with E-state index in [4.69, 9.17) is 4.74 Å². The van der Waals surface area contributed by atoms with Gasteiger partial charge in [-0.25, -0.2) is 9.78 Å². The molecule has 0 radical (unpaired) electrons. The third kappa shape index (κ3) is 2.91. The zero-order chi connectivity index (χ0) is 14.7. The van der Waals surface area contributed by atoms with Gasteiger partial charge in [0.05, 0.1) is 12.6 Å². The molecule has 1 atom stereocenters. The summed E-state index contributed by atoms with van der Waals surface area (Å²) in [6.45, 7) is 2.91. The monoisotopic (exact) mass is 285 g/mol. The number of aromatic nitrogens is 3. The van der Waals surface area contributed by atoms with Crippen molar-refractivity contribution in [2.75, 3.05) is 23.4 Å². The minimum absolute atomic E-state index is 0.0359. The predicted octanol–water partition coefficient (Wildman–Crippen LogP) is 2.00. The van der Waals surface area contributed by atoms with Gasteiger partial charge < -0.3 is 10.1 Å². The van der Waals surface area contributed by atoms with E-state index in [9.17, 15) is 4.79 Å². The third-order valence-electron chi connectivity index (χ3n) is 3.23. The second kappa shape index (κ2) is 5.74. The van der Waals surface area contributed by atoms with Crippen LogP contribution in [0.1, 0.15) is 18.5 Å². The highest BCUT2D eigenvalue weighted by Gasteiger charge is 2.25. The Morgan fingerprint density at radius 1 is 1.29 bits per heavy atom. The quantitative estimate of drug-likeness (QED) is 0.925. The molecular weight excluding hydrogens is 270 g/mol. The van der Waals surface area contributed by atoms with Crippen LogP contribution >= 0.6 is 0 Å². The number of amides is 1. The van der Waals surface area contributed by atoms with Crippen LogP contribution in [0.15, 0.2) is 36.8 Å². The molecular formula is C14H15N5O2. The van der Waals surface area contributed by atoms with Crippen LogP contribution in [0.4, 0.5) is 16.6 Å². The average molecular weight is 285 g/mol. The smallest absolute Gasteiger partial charge is 0.415 e. The first-order valence-electron chi connectivity index (χ1n) is 6.68. The van der Waals surface area contributed by atoms with Gasteiger partial charge in [-0.2, -0.15) is 4.98 Å². The molecule has 7 nitrogen and oxygen atoms in total. The zero-order valence-electron chi connectivity index (χ0n) is 11.6. The van der Waals surface area contributed by atoms with Gasteiger partial charge in [0, 0.05) is 18.6 Å². The highest BCUT2D eigenvalue weighted by Crippen LogP contribution is 2.19. The van der Waals surface area contributed by atoms with Crippen LogP contribution in [0.5, 0.6) is 0 Å². The Morgan fingerprint density at radius 2 is 2.10 bits per heavy atom. The fraction of sp³-hybridized carbons (Fsp3) is 0.286. The topological polar surface area (TPSA) is 80.2 Å². The SMILES string of the molecule is CC(Nc1nccc(N2CCOC2=O)n1)c1ccncc1. The maximum absolute atomic E-state index is 11.5. The molecule has 1 N–H and O–H groups in total. The van der Waals surface area contributed by atoms with Crippen LogP contribution in [0.2, 0.25) is 0 Å². The summed E-state index contributed by atoms with van der Waals surface area (Å²) < 4.78 is 4.91. The van der Waals surface area contributed by atoms with E-state index >= 15 is 0 Å². The lowest BCUT2D eigenvalue weighted by Crippen LogP contribution is -2.25. The van der Waals surface area contributed by atoms with E-state index in [1.165, 1.54) is 4.90 Å². The van der Waals surface area contributed by atoms with E-state index in [2.05, 4.69) is 20.3 Å². The fourth-order valence-electron chi connectivity index (χ4n) is 2.10. The van der Waals surface area contributed by atoms with Gasteiger partial charge in [-0.3, -0.25) is 9.88 Å². The second-order valence-electron chi connectivity index (χ2n) is 4.65. The summed E-state index contributed by atoms with van der Waals surface area (Å²) in [5.74, 6) is 1.01. The Kier molecular flexibility index (Phi) is 3.63. The van der Waals surface area contributed by atoms with Crippen molar-refractivity contribution in [3.05, 3.63) is 42.4 Å². The van der Waals surface area contributed by atoms with Crippen molar-refractivity contribution < 1.29 is 9.53 Å². The molecule has 108 valence electrons. The van der Waals surface area contributed by atoms with Crippen molar-refractivity contribution in [1.29, 1.82) is 0 Å². The number of ether oxygens (including phenoxy) is 1. The van der Waals surface area contributed by atoms with Gasteiger partial charge in [-0.1, -0.05) is 0 Å². The molecule has 2 aromatic rings. The molecule has 0 spiro atoms. The van der Waals surface area contributed by atoms with Crippen molar-refractivity contribution in [2.45, 2.75) is 13.0 Å². The lowest BCUT2D eigenvalue weighted by molar-refractivity contribution is 0.181. The number of hydrogen-bond acceptors (Lipinski definition) is 6. The van der Waals surface area contributed by atoms with E-state index in [1.807, 2.05) is 19.1 Å². The zero-order valence-corrected chi connectivity index (χ0v) is 11.6. The molecule has 1 unspecified atom stereocenters. The number of hydrogen-bond donors (Lipinski definition) is 1. The van der Waals surface area contributed by atoms with Crippen LogP contribution in [-0.2, 0) is 4.74 Å². The van der Waals surface area contributed by atoms with Gasteiger partial charge >= 0.3 is 6.09 Å². The third-order valence-corrected chi connectivity index (χ3v) is 3.23. The maximum Gasteiger partial charge on any atom is 0.415 e. The summed E-state index contributed by atoms with van der Waals surface area (Å²) in [5.41, 5.74) is 1.08. The van der Waals surface area contributed by atoms with Crippen molar-refractivity contribution in [2.24, 2.45) is 0 Å². The first-order valence-corrected chi connectivity index (χ1v) is 6.68. The second-order valence-corrected chi connectivity index (χ2v) is 4.65. The Labute approximate surface area is 122 Å². The molecule has 7 heteroatoms. The first-order chi connectivity index (χ1) is 10.2. The van der Waals surface area contributed by atoms with Gasteiger partial charge in [-0.15, -0.1) is 0 Å². The summed E-state index contributed by atoms with van der Waals surface area (Å²) >= 11 is 0. The van der Waals surface area contributed by atoms with Crippen molar-refractivity contribution in [1.82, 2.24) is 15.0 Å². The summed E-state index contributed by atoms with van der Waals surface area (Å²) in [6.07, 6.45) is 4.73. The van der Waals surface area contributed by atoms with Gasteiger partial charge in [0.15, 0.2) is 0 Å². The molecule has 1 fully saturated rings. The van der Waals surface area contributed by atoms with E-state index in [1.54, 1.807) is 24.7 Å². The Hall–Kier alpha value is -2.70. The molecule has 1 aliphatic rings. The highest BCUT2D eigenvalue weighted by molar-refractivity contribution is 5.88. The largest absolute Gasteiger partial charge is 0.447 e. The van der Waals surface area contributed by atoms with Crippen LogP contribution in [0, 0.1) is 0 Å². The highest BCUT2D eigenvalue weighted by atomic mass is 16.6. The molecule has 0 aliphatic carbocycles. The molecule has 0 aromatic carbocycles. The molecule has 0 saturated carbocycles. The standard InChI is InChI=1S/C14H15N5O2/c1-10(11-2-5-15-6-3-11)17-13-16-7-4-12(18-13)19-8-9-21-14(19)20/h2-7,10H,8-9H2,1H3,(H,16,17,18). The number of carbonyl (C=O) groups is 1. The molecule has 1 saturated heterocycles. The van der Waals surface area contributed by atoms with Gasteiger partial charge in [0.1, 0.15) is 12.4 Å². The first kappa shape index (κ1) is 13.3. The van der Waals surface area contributed by atoms with Gasteiger partial charge in [0.25, 0.3) is 0 Å². The van der Waals surface area contributed by atoms with Gasteiger partial charge in [0.2, 0.25) is 5.95 Å². The number of pyridine rings is 1. The molecule has 3 heterocycles. The summed E-state index contributed by atoms with van der Waals surface area (Å²) in [5, 5.41) is 3.21. The summed E-state index contributed by atoms with van der Waals surface area (Å²) in [6, 6.07) is 5.59. The molecule has 1 amide bonds. The molecule has 2 aromatic heterocycles. The molecule has 0 bridgehead atoms. The summed E-state index contributed by atoms with van der Waals surface area (Å²) in [7, 11) is 0. The number of cyclic esters (lactones) is 1. The van der Waals surface area contributed by atoms with E-state index in [-0.39, 0.29) is 12.1 Å². The maximum atomic E-state index is 11.5. The number of anilines is 2. The lowest BCUT2D eigenvalue weighted by Gasteiger charge is -2.16. The minimum Gasteiger partial charge on any atom is -0.447 e. The van der Waals surface area contributed by atoms with Crippen LogP contribution in [0.3, 0.4) is 0 Å². The number of nitrogens with zero attached hydrogens (tertiary/aromatic N) is 4. The van der Waals surface area contributed by atoms with Crippen LogP contribution < -0.4 is 10.2 Å². The Morgan fingerprint density at radius 3 is 2.81 bits per heavy atom. The number of rotatable bonds is 4. The van der Waals surface area contributed by atoms with Crippen LogP contribution in [-0.4, -0.2) is 34.2 Å². The van der Waals surface area contributed by atoms with Gasteiger partial charge in [-0.05, 0) is 30.7 Å². The van der Waals surface area contributed by atoms with Crippen molar-refractivity contribution >= 4 is 17.9 Å². The van der Waals surface area contributed by atoms with E-state index < -0.39 is 0 Å². The number of nitrogens with one attached hydrogen (secondary N) is 1. The van der Waals surface area contributed by atoms with Crippen LogP contribution in [0.25, 0.3) is 0 Å². The minimum atomic E-state index is -0.373. The fourth-order valence-corrected chi connectivity index (χ4v) is 2.10. The van der Waals surface area contributed by atoms with E-state index in [0.29, 0.717) is 24.9 Å². The normalized spacial score (nSPS) is 15.7. The van der Waals surface area contributed by atoms with Crippen molar-refractivity contribution in [3.63, 3.8) is 0 Å². The Balaban J connectivity index is 1.76. The van der Waals surface area contributed by atoms with Crippen molar-refractivity contribution in [3.8, 4) is 0 Å². The Bertz CT molecular complexity index is 634. The predicted molar refractivity (Wildman–Crippen MR) is 77.0 cm³/mol. The van der Waals surface area contributed by atoms with E-state index in [0.717, 1.165) is 5.56 Å².